The molecule has 0 radical (unpaired) electrons. The second-order valence-corrected chi connectivity index (χ2v) is 9.27. The van der Waals surface area contributed by atoms with E-state index in [2.05, 4.69) is 11.8 Å². The molecule has 0 bridgehead atoms. The zero-order valence-corrected chi connectivity index (χ0v) is 18.8. The van der Waals surface area contributed by atoms with Gasteiger partial charge < -0.3 is 4.90 Å². The lowest BCUT2D eigenvalue weighted by atomic mass is 9.99. The first-order valence-corrected chi connectivity index (χ1v) is 12.0. The van der Waals surface area contributed by atoms with Gasteiger partial charge in [-0.2, -0.15) is 0 Å². The smallest absolute Gasteiger partial charge is 0.262 e. The van der Waals surface area contributed by atoms with Crippen molar-refractivity contribution in [2.24, 2.45) is 5.92 Å². The highest BCUT2D eigenvalue weighted by molar-refractivity contribution is 7.99. The summed E-state index contributed by atoms with van der Waals surface area (Å²) in [6, 6.07) is 16.7. The Labute approximate surface area is 187 Å². The Kier molecular flexibility index (Phi) is 7.20. The van der Waals surface area contributed by atoms with Crippen LogP contribution in [-0.4, -0.2) is 45.6 Å². The first kappa shape index (κ1) is 21.8. The van der Waals surface area contributed by atoms with Gasteiger partial charge >= 0.3 is 0 Å². The molecular formula is C25H29N3O2S. The van der Waals surface area contributed by atoms with E-state index in [0.29, 0.717) is 28.2 Å². The van der Waals surface area contributed by atoms with Crippen molar-refractivity contribution in [3.63, 3.8) is 0 Å². The molecule has 0 N–H and O–H groups in total. The maximum Gasteiger partial charge on any atom is 0.262 e. The van der Waals surface area contributed by atoms with Gasteiger partial charge in [0.1, 0.15) is 0 Å². The Bertz CT molecular complexity index is 1090. The summed E-state index contributed by atoms with van der Waals surface area (Å²) in [7, 11) is 0. The number of fused-ring (bicyclic) bond motifs is 1. The topological polar surface area (TPSA) is 55.2 Å². The van der Waals surface area contributed by atoms with Crippen molar-refractivity contribution in [2.75, 3.05) is 25.4 Å². The van der Waals surface area contributed by atoms with Gasteiger partial charge in [0.15, 0.2) is 10.9 Å². The van der Waals surface area contributed by atoms with Gasteiger partial charge in [-0.25, -0.2) is 4.98 Å². The van der Waals surface area contributed by atoms with Gasteiger partial charge in [0.2, 0.25) is 0 Å². The molecule has 3 aromatic rings. The summed E-state index contributed by atoms with van der Waals surface area (Å²) < 4.78 is 1.76. The first-order chi connectivity index (χ1) is 15.1. The standard InChI is InChI=1S/C25H29N3O2S/c1-19-12-16-27(17-13-19)14-7-15-28-24(30)21-10-5-6-11-22(21)26-25(28)31-18-23(29)20-8-3-2-4-9-20/h2-6,8-11,19H,7,12-18H2,1H3. The van der Waals surface area contributed by atoms with Crippen LogP contribution in [0.2, 0.25) is 0 Å². The maximum absolute atomic E-state index is 13.2. The minimum Gasteiger partial charge on any atom is -0.303 e. The predicted molar refractivity (Wildman–Crippen MR) is 127 cm³/mol. The van der Waals surface area contributed by atoms with Crippen LogP contribution in [0.15, 0.2) is 64.5 Å². The largest absolute Gasteiger partial charge is 0.303 e. The van der Waals surface area contributed by atoms with Gasteiger partial charge in [0, 0.05) is 12.1 Å². The van der Waals surface area contributed by atoms with Crippen molar-refractivity contribution in [3.8, 4) is 0 Å². The van der Waals surface area contributed by atoms with E-state index in [-0.39, 0.29) is 17.1 Å². The normalized spacial score (nSPS) is 15.4. The van der Waals surface area contributed by atoms with Gasteiger partial charge in [-0.3, -0.25) is 14.2 Å². The zero-order valence-electron chi connectivity index (χ0n) is 18.0. The van der Waals surface area contributed by atoms with E-state index in [1.165, 1.54) is 24.6 Å². The summed E-state index contributed by atoms with van der Waals surface area (Å²) in [6.45, 7) is 6.19. The number of carbonyl (C=O) groups is 1. The molecule has 0 unspecified atom stereocenters. The van der Waals surface area contributed by atoms with Gasteiger partial charge in [0.25, 0.3) is 5.56 Å². The second-order valence-electron chi connectivity index (χ2n) is 8.32. The Morgan fingerprint density at radius 2 is 1.74 bits per heavy atom. The molecule has 6 heteroatoms. The summed E-state index contributed by atoms with van der Waals surface area (Å²) >= 11 is 1.35. The number of carbonyl (C=O) groups excluding carboxylic acids is 1. The fourth-order valence-electron chi connectivity index (χ4n) is 4.03. The molecule has 0 amide bonds. The van der Waals surface area contributed by atoms with Crippen LogP contribution in [0.4, 0.5) is 0 Å². The molecule has 1 aliphatic rings. The van der Waals surface area contributed by atoms with Crippen molar-refractivity contribution in [1.29, 1.82) is 0 Å². The highest BCUT2D eigenvalue weighted by Crippen LogP contribution is 2.20. The van der Waals surface area contributed by atoms with E-state index in [4.69, 9.17) is 4.98 Å². The van der Waals surface area contributed by atoms with E-state index >= 15 is 0 Å². The van der Waals surface area contributed by atoms with Crippen LogP contribution < -0.4 is 5.56 Å². The number of ketones is 1. The maximum atomic E-state index is 13.2. The average Bonchev–Trinajstić information content (AvgIpc) is 2.81. The number of benzene rings is 2. The van der Waals surface area contributed by atoms with Crippen LogP contribution in [0, 0.1) is 5.92 Å². The van der Waals surface area contributed by atoms with E-state index in [1.807, 2.05) is 54.6 Å². The van der Waals surface area contributed by atoms with Crippen LogP contribution in [0.3, 0.4) is 0 Å². The monoisotopic (exact) mass is 435 g/mol. The van der Waals surface area contributed by atoms with Crippen LogP contribution in [0.5, 0.6) is 0 Å². The van der Waals surface area contributed by atoms with E-state index in [0.717, 1.165) is 32.0 Å². The average molecular weight is 436 g/mol. The fraction of sp³-hybridized carbons (Fsp3) is 0.400. The lowest BCUT2D eigenvalue weighted by molar-refractivity contribution is 0.102. The number of hydrogen-bond acceptors (Lipinski definition) is 5. The number of aromatic nitrogens is 2. The Morgan fingerprint density at radius 3 is 2.52 bits per heavy atom. The third kappa shape index (κ3) is 5.43. The Balaban J connectivity index is 1.50. The number of Topliss-reactive ketones (excluding diaryl/α,β-unsaturated/α-hetero) is 1. The molecule has 1 aliphatic heterocycles. The summed E-state index contributed by atoms with van der Waals surface area (Å²) in [5.74, 6) is 1.12. The third-order valence-electron chi connectivity index (χ3n) is 5.99. The van der Waals surface area contributed by atoms with E-state index in [1.54, 1.807) is 4.57 Å². The van der Waals surface area contributed by atoms with Crippen molar-refractivity contribution < 1.29 is 4.79 Å². The molecule has 0 aliphatic carbocycles. The number of nitrogens with zero attached hydrogens (tertiary/aromatic N) is 3. The van der Waals surface area contributed by atoms with Crippen molar-refractivity contribution in [3.05, 3.63) is 70.5 Å². The van der Waals surface area contributed by atoms with Crippen molar-refractivity contribution in [1.82, 2.24) is 14.5 Å². The number of hydrogen-bond donors (Lipinski definition) is 0. The molecule has 162 valence electrons. The molecule has 1 saturated heterocycles. The SMILES string of the molecule is CC1CCN(CCCn2c(SCC(=O)c3ccccc3)nc3ccccc3c2=O)CC1. The zero-order chi connectivity index (χ0) is 21.6. The Hall–Kier alpha value is -2.44. The van der Waals surface area contributed by atoms with Gasteiger partial charge in [-0.05, 0) is 56.9 Å². The molecule has 0 saturated carbocycles. The molecule has 0 atom stereocenters. The summed E-state index contributed by atoms with van der Waals surface area (Å²) in [5, 5.41) is 1.26. The summed E-state index contributed by atoms with van der Waals surface area (Å²) in [5.41, 5.74) is 1.35. The lowest BCUT2D eigenvalue weighted by Crippen LogP contribution is -2.34. The quantitative estimate of drug-likeness (QED) is 0.296. The molecule has 2 aromatic carbocycles. The molecule has 2 heterocycles. The van der Waals surface area contributed by atoms with Gasteiger partial charge in [0.05, 0.1) is 16.7 Å². The van der Waals surface area contributed by atoms with Crippen LogP contribution in [-0.2, 0) is 6.54 Å². The molecule has 1 aromatic heterocycles. The minimum atomic E-state index is -0.0208. The molecule has 4 rings (SSSR count). The fourth-order valence-corrected chi connectivity index (χ4v) is 4.95. The van der Waals surface area contributed by atoms with Crippen molar-refractivity contribution >= 4 is 28.4 Å². The molecular weight excluding hydrogens is 406 g/mol. The first-order valence-electron chi connectivity index (χ1n) is 11.0. The highest BCUT2D eigenvalue weighted by Gasteiger charge is 2.17. The highest BCUT2D eigenvalue weighted by atomic mass is 32.2. The molecule has 1 fully saturated rings. The molecule has 0 spiro atoms. The number of thioether (sulfide) groups is 1. The summed E-state index contributed by atoms with van der Waals surface area (Å²) in [4.78, 5) is 33.0. The lowest BCUT2D eigenvalue weighted by Gasteiger charge is -2.30. The number of likely N-dealkylation sites (tertiary alicyclic amines) is 1. The number of rotatable bonds is 8. The predicted octanol–water partition coefficient (Wildman–Crippen LogP) is 4.49. The summed E-state index contributed by atoms with van der Waals surface area (Å²) in [6.07, 6.45) is 3.40. The van der Waals surface area contributed by atoms with Crippen molar-refractivity contribution in [2.45, 2.75) is 37.9 Å². The van der Waals surface area contributed by atoms with Crippen LogP contribution in [0.25, 0.3) is 10.9 Å². The van der Waals surface area contributed by atoms with Crippen LogP contribution >= 0.6 is 11.8 Å². The number of para-hydroxylation sites is 1. The third-order valence-corrected chi connectivity index (χ3v) is 6.96. The van der Waals surface area contributed by atoms with Gasteiger partial charge in [-0.15, -0.1) is 0 Å². The van der Waals surface area contributed by atoms with E-state index in [9.17, 15) is 9.59 Å². The van der Waals surface area contributed by atoms with Gasteiger partial charge in [-0.1, -0.05) is 61.2 Å². The molecule has 31 heavy (non-hydrogen) atoms. The number of piperidine rings is 1. The van der Waals surface area contributed by atoms with E-state index < -0.39 is 0 Å². The van der Waals surface area contributed by atoms with Crippen LogP contribution in [0.1, 0.15) is 36.5 Å². The Morgan fingerprint density at radius 1 is 1.03 bits per heavy atom. The molecule has 5 nitrogen and oxygen atoms in total. The second kappa shape index (κ2) is 10.2. The minimum absolute atomic E-state index is 0.0208.